The molecule has 1 amide bonds. The first-order valence-corrected chi connectivity index (χ1v) is 13.0. The minimum absolute atomic E-state index is 0.0144. The molecule has 0 bridgehead atoms. The summed E-state index contributed by atoms with van der Waals surface area (Å²) in [5.41, 5.74) is 2.74. The van der Waals surface area contributed by atoms with Gasteiger partial charge in [-0.25, -0.2) is 4.39 Å². The smallest absolute Gasteiger partial charge is 0.246 e. The number of halogens is 2. The fraction of sp³-hybridized carbons (Fsp3) is 0.360. The summed E-state index contributed by atoms with van der Waals surface area (Å²) >= 11 is 7.93. The van der Waals surface area contributed by atoms with Gasteiger partial charge in [0, 0.05) is 35.6 Å². The molecule has 0 saturated carbocycles. The minimum atomic E-state index is -1.59. The van der Waals surface area contributed by atoms with Crippen molar-refractivity contribution in [2.24, 2.45) is 0 Å². The van der Waals surface area contributed by atoms with Crippen molar-refractivity contribution in [3.63, 3.8) is 0 Å². The van der Waals surface area contributed by atoms with Gasteiger partial charge >= 0.3 is 0 Å². The number of thiophene rings is 1. The summed E-state index contributed by atoms with van der Waals surface area (Å²) in [5, 5.41) is 4.53. The van der Waals surface area contributed by atoms with Gasteiger partial charge in [-0.3, -0.25) is 9.48 Å². The van der Waals surface area contributed by atoms with E-state index >= 15 is 4.39 Å². The zero-order valence-corrected chi connectivity index (χ0v) is 21.7. The molecule has 2 aromatic heterocycles. The van der Waals surface area contributed by atoms with Crippen LogP contribution in [0.4, 0.5) is 4.39 Å². The Bertz CT molecular complexity index is 1200. The molecule has 4 nitrogen and oxygen atoms in total. The Morgan fingerprint density at radius 3 is 2.79 bits per heavy atom. The molecule has 1 aromatic carbocycles. The van der Waals surface area contributed by atoms with Crippen molar-refractivity contribution in [1.29, 1.82) is 0 Å². The van der Waals surface area contributed by atoms with Gasteiger partial charge in [-0.15, -0.1) is 20.6 Å². The maximum atomic E-state index is 15.2. The van der Waals surface area contributed by atoms with Gasteiger partial charge in [0.25, 0.3) is 0 Å². The number of aryl methyl sites for hydroxylation is 1. The van der Waals surface area contributed by atoms with Crippen molar-refractivity contribution in [2.45, 2.75) is 45.4 Å². The molecule has 4 rings (SSSR count). The molecule has 1 aliphatic heterocycles. The molecule has 2 atom stereocenters. The largest absolute Gasteiger partial charge is 0.333 e. The first-order chi connectivity index (χ1) is 15.7. The van der Waals surface area contributed by atoms with Crippen LogP contribution in [0.3, 0.4) is 0 Å². The highest BCUT2D eigenvalue weighted by Gasteiger charge is 2.34. The first kappa shape index (κ1) is 24.1. The quantitative estimate of drug-likeness (QED) is 0.288. The van der Waals surface area contributed by atoms with Crippen molar-refractivity contribution in [2.75, 3.05) is 12.7 Å². The normalized spacial score (nSPS) is 16.4. The van der Waals surface area contributed by atoms with E-state index in [1.165, 1.54) is 25.2 Å². The van der Waals surface area contributed by atoms with Crippen LogP contribution in [-0.2, 0) is 23.6 Å². The summed E-state index contributed by atoms with van der Waals surface area (Å²) in [4.78, 5) is 15.8. The van der Waals surface area contributed by atoms with E-state index in [4.69, 9.17) is 11.6 Å². The average Bonchev–Trinajstić information content (AvgIpc) is 3.39. The first-order valence-electron chi connectivity index (χ1n) is 11.0. The standard InChI is InChI=1S/C25H28ClFN3OPS/c1-4-30-14-20(24(28-30)25(2,3)27)17-9-6-5-8-16(17)19-13-29(23(31)10-7-11-32)15-21-18(19)12-22(26)33-21/h5-10,12,14,19H,4,11,13,15,32H2,1-3H3/b10-7+/t19-/m0/s1. The van der Waals surface area contributed by atoms with Gasteiger partial charge < -0.3 is 4.90 Å². The lowest BCUT2D eigenvalue weighted by Gasteiger charge is -2.33. The summed E-state index contributed by atoms with van der Waals surface area (Å²) in [6.07, 6.45) is 6.13. The molecule has 8 heteroatoms. The van der Waals surface area contributed by atoms with E-state index in [1.54, 1.807) is 10.8 Å². The number of amides is 1. The van der Waals surface area contributed by atoms with Crippen molar-refractivity contribution >= 4 is 38.1 Å². The molecule has 0 aliphatic carbocycles. The van der Waals surface area contributed by atoms with Gasteiger partial charge in [0.1, 0.15) is 11.4 Å². The van der Waals surface area contributed by atoms with Crippen LogP contribution in [-0.4, -0.2) is 33.3 Å². The third-order valence-electron chi connectivity index (χ3n) is 5.91. The number of allylic oxidation sites excluding steroid dienone is 1. The monoisotopic (exact) mass is 503 g/mol. The highest BCUT2D eigenvalue weighted by molar-refractivity contribution is 7.16. The number of hydrogen-bond donors (Lipinski definition) is 0. The van der Waals surface area contributed by atoms with Crippen molar-refractivity contribution in [1.82, 2.24) is 14.7 Å². The number of fused-ring (bicyclic) bond motifs is 1. The van der Waals surface area contributed by atoms with Crippen LogP contribution in [0.15, 0.2) is 48.7 Å². The summed E-state index contributed by atoms with van der Waals surface area (Å²) in [6, 6.07) is 10.1. The highest BCUT2D eigenvalue weighted by atomic mass is 35.5. The van der Waals surface area contributed by atoms with Crippen LogP contribution >= 0.6 is 32.2 Å². The molecule has 33 heavy (non-hydrogen) atoms. The topological polar surface area (TPSA) is 38.1 Å². The lowest BCUT2D eigenvalue weighted by Crippen LogP contribution is -2.37. The van der Waals surface area contributed by atoms with Crippen LogP contribution in [0.1, 0.15) is 48.4 Å². The Hall–Kier alpha value is -2.01. The zero-order chi connectivity index (χ0) is 23.8. The van der Waals surface area contributed by atoms with Crippen molar-refractivity contribution < 1.29 is 9.18 Å². The van der Waals surface area contributed by atoms with E-state index < -0.39 is 5.67 Å². The molecule has 0 saturated heterocycles. The van der Waals surface area contributed by atoms with E-state index in [2.05, 4.69) is 20.4 Å². The fourth-order valence-electron chi connectivity index (χ4n) is 4.36. The molecule has 3 heterocycles. The second kappa shape index (κ2) is 9.69. The zero-order valence-electron chi connectivity index (χ0n) is 19.0. The summed E-state index contributed by atoms with van der Waals surface area (Å²) < 4.78 is 17.7. The molecule has 0 fully saturated rings. The third kappa shape index (κ3) is 4.94. The Morgan fingerprint density at radius 2 is 2.09 bits per heavy atom. The van der Waals surface area contributed by atoms with Crippen LogP contribution in [0, 0.1) is 0 Å². The number of nitrogens with zero attached hydrogens (tertiary/aromatic N) is 3. The molecule has 3 aromatic rings. The van der Waals surface area contributed by atoms with E-state index in [9.17, 15) is 4.79 Å². The maximum Gasteiger partial charge on any atom is 0.246 e. The van der Waals surface area contributed by atoms with Gasteiger partial charge in [-0.05, 0) is 55.8 Å². The molecular formula is C25H28ClFN3OPS. The molecule has 1 aliphatic rings. The average molecular weight is 504 g/mol. The molecule has 0 radical (unpaired) electrons. The third-order valence-corrected chi connectivity index (χ3v) is 7.44. The second-order valence-corrected chi connectivity index (χ2v) is 10.9. The molecule has 174 valence electrons. The maximum absolute atomic E-state index is 15.2. The second-order valence-electron chi connectivity index (χ2n) is 8.65. The number of carbonyl (C=O) groups excluding carboxylic acids is 1. The Kier molecular flexibility index (Phi) is 7.09. The predicted molar refractivity (Wildman–Crippen MR) is 138 cm³/mol. The summed E-state index contributed by atoms with van der Waals surface area (Å²) in [5.74, 6) is -0.0814. The van der Waals surface area contributed by atoms with E-state index in [0.717, 1.165) is 33.3 Å². The summed E-state index contributed by atoms with van der Waals surface area (Å²) in [6.45, 7) is 6.80. The van der Waals surface area contributed by atoms with Crippen LogP contribution in [0.25, 0.3) is 11.1 Å². The Labute approximate surface area is 205 Å². The van der Waals surface area contributed by atoms with Crippen LogP contribution < -0.4 is 0 Å². The number of alkyl halides is 1. The minimum Gasteiger partial charge on any atom is -0.333 e. The fourth-order valence-corrected chi connectivity index (χ4v) is 5.85. The van der Waals surface area contributed by atoms with Crippen LogP contribution in [0.2, 0.25) is 4.34 Å². The lowest BCUT2D eigenvalue weighted by atomic mass is 9.83. The van der Waals surface area contributed by atoms with E-state index in [1.807, 2.05) is 48.4 Å². The van der Waals surface area contributed by atoms with Gasteiger partial charge in [-0.1, -0.05) is 41.9 Å². The van der Waals surface area contributed by atoms with Gasteiger partial charge in [-0.2, -0.15) is 5.10 Å². The molecular weight excluding hydrogens is 476 g/mol. The number of benzene rings is 1. The number of hydrogen-bond acceptors (Lipinski definition) is 3. The number of rotatable bonds is 6. The van der Waals surface area contributed by atoms with Gasteiger partial charge in [0.15, 0.2) is 0 Å². The van der Waals surface area contributed by atoms with Gasteiger partial charge in [0.05, 0.1) is 10.9 Å². The lowest BCUT2D eigenvalue weighted by molar-refractivity contribution is -0.127. The number of carbonyl (C=O) groups is 1. The SMILES string of the molecule is CCn1cc(-c2ccccc2[C@@H]2CN(C(=O)/C=C/CP)Cc3sc(Cl)cc32)c(C(C)(C)F)n1. The summed E-state index contributed by atoms with van der Waals surface area (Å²) in [7, 11) is 2.60. The van der Waals surface area contributed by atoms with Crippen LogP contribution in [0.5, 0.6) is 0 Å². The molecule has 0 N–H and O–H groups in total. The predicted octanol–water partition coefficient (Wildman–Crippen LogP) is 6.39. The van der Waals surface area contributed by atoms with E-state index in [0.29, 0.717) is 29.7 Å². The Morgan fingerprint density at radius 1 is 1.33 bits per heavy atom. The van der Waals surface area contributed by atoms with Crippen molar-refractivity contribution in [3.8, 4) is 11.1 Å². The highest BCUT2D eigenvalue weighted by Crippen LogP contribution is 2.44. The molecule has 0 spiro atoms. The van der Waals surface area contributed by atoms with Crippen molar-refractivity contribution in [3.05, 3.63) is 74.7 Å². The Balaban J connectivity index is 1.85. The van der Waals surface area contributed by atoms with Gasteiger partial charge in [0.2, 0.25) is 5.91 Å². The molecule has 1 unspecified atom stereocenters. The van der Waals surface area contributed by atoms with E-state index in [-0.39, 0.29) is 11.8 Å². The number of aromatic nitrogens is 2.